The highest BCUT2D eigenvalue weighted by Gasteiger charge is 2.26. The fraction of sp³-hybridized carbons (Fsp3) is 0.300. The average Bonchev–Trinajstić information content (AvgIpc) is 2.43. The van der Waals surface area contributed by atoms with E-state index in [1.807, 2.05) is 18.2 Å². The van der Waals surface area contributed by atoms with E-state index in [1.54, 1.807) is 0 Å². The molecule has 1 aromatic rings. The zero-order chi connectivity index (χ0) is 9.42. The number of rotatable bonds is 1. The Kier molecular flexibility index (Phi) is 1.81. The van der Waals surface area contributed by atoms with Crippen LogP contribution in [0.2, 0.25) is 0 Å². The van der Waals surface area contributed by atoms with Crippen LogP contribution >= 0.6 is 0 Å². The number of nitrogens with one attached hydrogen (secondary N) is 1. The van der Waals surface area contributed by atoms with E-state index in [0.29, 0.717) is 0 Å². The molecule has 1 atom stereocenters. The van der Waals surface area contributed by atoms with E-state index in [2.05, 4.69) is 12.2 Å². The Labute approximate surface area is 76.9 Å². The summed E-state index contributed by atoms with van der Waals surface area (Å²) in [5.74, 6) is -0.108. The van der Waals surface area contributed by atoms with Crippen molar-refractivity contribution in [3.05, 3.63) is 29.3 Å². The van der Waals surface area contributed by atoms with Gasteiger partial charge in [-0.05, 0) is 18.1 Å². The molecular weight excluding hydrogens is 164 g/mol. The topological polar surface area (TPSA) is 55.1 Å². The first-order chi connectivity index (χ1) is 6.22. The van der Waals surface area contributed by atoms with Crippen molar-refractivity contribution >= 4 is 11.6 Å². The summed E-state index contributed by atoms with van der Waals surface area (Å²) in [7, 11) is 0. The number of hydrogen-bond donors (Lipinski definition) is 2. The zero-order valence-corrected chi connectivity index (χ0v) is 7.50. The molecule has 0 radical (unpaired) electrons. The summed E-state index contributed by atoms with van der Waals surface area (Å²) in [6.07, 6.45) is 0.966. The molecule has 0 aliphatic carbocycles. The Hall–Kier alpha value is -1.35. The molecule has 68 valence electrons. The summed E-state index contributed by atoms with van der Waals surface area (Å²) in [4.78, 5) is 11.2. The molecule has 0 fully saturated rings. The summed E-state index contributed by atoms with van der Waals surface area (Å²) in [5, 5.41) is 2.73. The average molecular weight is 176 g/mol. The van der Waals surface area contributed by atoms with E-state index in [9.17, 15) is 4.79 Å². The molecule has 0 bridgehead atoms. The van der Waals surface area contributed by atoms with E-state index < -0.39 is 6.04 Å². The predicted octanol–water partition coefficient (Wildman–Crippen LogP) is 1.20. The lowest BCUT2D eigenvalue weighted by molar-refractivity contribution is -0.116. The van der Waals surface area contributed by atoms with Gasteiger partial charge in [-0.1, -0.05) is 19.1 Å². The van der Waals surface area contributed by atoms with Crippen LogP contribution in [0, 0.1) is 0 Å². The molecule has 0 spiro atoms. The number of fused-ring (bicyclic) bond motifs is 1. The Bertz CT molecular complexity index is 360. The highest BCUT2D eigenvalue weighted by molar-refractivity contribution is 6.02. The lowest BCUT2D eigenvalue weighted by Gasteiger charge is -2.03. The van der Waals surface area contributed by atoms with E-state index in [0.717, 1.165) is 17.7 Å². The minimum atomic E-state index is -0.485. The van der Waals surface area contributed by atoms with Crippen LogP contribution in [-0.2, 0) is 11.2 Å². The van der Waals surface area contributed by atoms with Crippen LogP contribution in [0.25, 0.3) is 0 Å². The van der Waals surface area contributed by atoms with Crippen molar-refractivity contribution in [2.75, 3.05) is 5.32 Å². The summed E-state index contributed by atoms with van der Waals surface area (Å²) in [6.45, 7) is 2.08. The largest absolute Gasteiger partial charge is 0.324 e. The quantitative estimate of drug-likeness (QED) is 0.675. The highest BCUT2D eigenvalue weighted by Crippen LogP contribution is 2.29. The van der Waals surface area contributed by atoms with Crippen molar-refractivity contribution in [3.63, 3.8) is 0 Å². The summed E-state index contributed by atoms with van der Waals surface area (Å²) < 4.78 is 0. The zero-order valence-electron chi connectivity index (χ0n) is 7.50. The Morgan fingerprint density at radius 3 is 3.00 bits per heavy atom. The SMILES string of the molecule is CCc1ccc2c(c1)[C@@H](N)C(=O)N2. The van der Waals surface area contributed by atoms with Gasteiger partial charge in [0.2, 0.25) is 5.91 Å². The van der Waals surface area contributed by atoms with Crippen molar-refractivity contribution in [2.24, 2.45) is 5.73 Å². The maximum absolute atomic E-state index is 11.2. The van der Waals surface area contributed by atoms with Crippen LogP contribution in [0.15, 0.2) is 18.2 Å². The van der Waals surface area contributed by atoms with Crippen molar-refractivity contribution < 1.29 is 4.79 Å². The third kappa shape index (κ3) is 1.21. The number of carbonyl (C=O) groups excluding carboxylic acids is 1. The molecule has 0 aromatic heterocycles. The molecule has 0 saturated carbocycles. The van der Waals surface area contributed by atoms with Gasteiger partial charge >= 0.3 is 0 Å². The summed E-state index contributed by atoms with van der Waals surface area (Å²) in [5.41, 5.74) is 8.69. The van der Waals surface area contributed by atoms with Crippen molar-refractivity contribution in [1.29, 1.82) is 0 Å². The summed E-state index contributed by atoms with van der Waals surface area (Å²) in [6, 6.07) is 5.44. The minimum absolute atomic E-state index is 0.108. The Morgan fingerprint density at radius 1 is 1.54 bits per heavy atom. The van der Waals surface area contributed by atoms with Gasteiger partial charge in [0.15, 0.2) is 0 Å². The van der Waals surface area contributed by atoms with E-state index in [-0.39, 0.29) is 5.91 Å². The fourth-order valence-electron chi connectivity index (χ4n) is 1.55. The van der Waals surface area contributed by atoms with E-state index in [1.165, 1.54) is 5.56 Å². The van der Waals surface area contributed by atoms with Gasteiger partial charge in [-0.3, -0.25) is 4.79 Å². The molecule has 1 aliphatic heterocycles. The second kappa shape index (κ2) is 2.85. The van der Waals surface area contributed by atoms with Crippen LogP contribution in [0.5, 0.6) is 0 Å². The Balaban J connectivity index is 2.47. The number of amides is 1. The van der Waals surface area contributed by atoms with Gasteiger partial charge in [-0.25, -0.2) is 0 Å². The van der Waals surface area contributed by atoms with Gasteiger partial charge in [-0.15, -0.1) is 0 Å². The molecule has 3 N–H and O–H groups in total. The first-order valence-electron chi connectivity index (χ1n) is 4.41. The van der Waals surface area contributed by atoms with Crippen molar-refractivity contribution in [2.45, 2.75) is 19.4 Å². The number of nitrogens with two attached hydrogens (primary N) is 1. The number of aryl methyl sites for hydroxylation is 1. The fourth-order valence-corrected chi connectivity index (χ4v) is 1.55. The number of benzene rings is 1. The first kappa shape index (κ1) is 8.26. The van der Waals surface area contributed by atoms with E-state index >= 15 is 0 Å². The van der Waals surface area contributed by atoms with Gasteiger partial charge < -0.3 is 11.1 Å². The maximum Gasteiger partial charge on any atom is 0.245 e. The number of carbonyl (C=O) groups is 1. The van der Waals surface area contributed by atoms with Crippen LogP contribution in [0.3, 0.4) is 0 Å². The van der Waals surface area contributed by atoms with Crippen molar-refractivity contribution in [1.82, 2.24) is 0 Å². The molecular formula is C10H12N2O. The van der Waals surface area contributed by atoms with Crippen LogP contribution in [0.1, 0.15) is 24.1 Å². The standard InChI is InChI=1S/C10H12N2O/c1-2-6-3-4-8-7(5-6)9(11)10(13)12-8/h3-5,9H,2,11H2,1H3,(H,12,13)/t9-/m1/s1. The lowest BCUT2D eigenvalue weighted by atomic mass is 10.0. The van der Waals surface area contributed by atoms with Gasteiger partial charge in [0, 0.05) is 11.3 Å². The second-order valence-corrected chi connectivity index (χ2v) is 3.24. The normalized spacial score (nSPS) is 19.8. The van der Waals surface area contributed by atoms with Crippen LogP contribution < -0.4 is 11.1 Å². The van der Waals surface area contributed by atoms with Crippen LogP contribution in [0.4, 0.5) is 5.69 Å². The molecule has 1 heterocycles. The number of anilines is 1. The van der Waals surface area contributed by atoms with Gasteiger partial charge in [-0.2, -0.15) is 0 Å². The third-order valence-electron chi connectivity index (χ3n) is 2.40. The molecule has 13 heavy (non-hydrogen) atoms. The van der Waals surface area contributed by atoms with Gasteiger partial charge in [0.1, 0.15) is 6.04 Å². The van der Waals surface area contributed by atoms with Crippen molar-refractivity contribution in [3.8, 4) is 0 Å². The third-order valence-corrected chi connectivity index (χ3v) is 2.40. The number of hydrogen-bond acceptors (Lipinski definition) is 2. The summed E-state index contributed by atoms with van der Waals surface area (Å²) >= 11 is 0. The molecule has 1 aliphatic rings. The predicted molar refractivity (Wildman–Crippen MR) is 51.4 cm³/mol. The molecule has 1 aromatic carbocycles. The smallest absolute Gasteiger partial charge is 0.245 e. The molecule has 0 saturated heterocycles. The molecule has 3 heteroatoms. The second-order valence-electron chi connectivity index (χ2n) is 3.24. The molecule has 3 nitrogen and oxygen atoms in total. The lowest BCUT2D eigenvalue weighted by Crippen LogP contribution is -2.19. The monoisotopic (exact) mass is 176 g/mol. The maximum atomic E-state index is 11.2. The Morgan fingerprint density at radius 2 is 2.31 bits per heavy atom. The van der Waals surface area contributed by atoms with E-state index in [4.69, 9.17) is 5.73 Å². The van der Waals surface area contributed by atoms with Gasteiger partial charge in [0.25, 0.3) is 0 Å². The molecule has 0 unspecified atom stereocenters. The highest BCUT2D eigenvalue weighted by atomic mass is 16.2. The minimum Gasteiger partial charge on any atom is -0.324 e. The van der Waals surface area contributed by atoms with Crippen LogP contribution in [-0.4, -0.2) is 5.91 Å². The first-order valence-corrected chi connectivity index (χ1v) is 4.41. The molecule has 2 rings (SSSR count). The van der Waals surface area contributed by atoms with Gasteiger partial charge in [0.05, 0.1) is 0 Å². The molecule has 1 amide bonds.